The number of carbonyl (C=O) groups excluding carboxylic acids is 1. The number of hydrogen-bond acceptors (Lipinski definition) is 5. The number of carbonyl (C=O) groups is 1. The molecule has 2 aromatic carbocycles. The first-order valence-corrected chi connectivity index (χ1v) is 13.9. The number of sulfonamides is 1. The highest BCUT2D eigenvalue weighted by Gasteiger charge is 2.26. The van der Waals surface area contributed by atoms with Crippen molar-refractivity contribution < 1.29 is 22.3 Å². The van der Waals surface area contributed by atoms with Crippen molar-refractivity contribution in [3.63, 3.8) is 0 Å². The number of amides is 1. The average molecular weight is 506 g/mol. The van der Waals surface area contributed by atoms with E-state index in [0.717, 1.165) is 37.6 Å². The van der Waals surface area contributed by atoms with Gasteiger partial charge in [0.05, 0.1) is 13.4 Å². The lowest BCUT2D eigenvalue weighted by atomic mass is 9.94. The Bertz CT molecular complexity index is 1090. The van der Waals surface area contributed by atoms with Gasteiger partial charge in [-0.05, 0) is 86.4 Å². The highest BCUT2D eigenvalue weighted by atomic mass is 32.2. The Morgan fingerprint density at radius 3 is 2.54 bits per heavy atom. The number of ether oxygens (including phenoxy) is 1. The van der Waals surface area contributed by atoms with Crippen molar-refractivity contribution in [3.05, 3.63) is 65.0 Å². The quantitative estimate of drug-likeness (QED) is 0.382. The van der Waals surface area contributed by atoms with E-state index in [1.54, 1.807) is 6.07 Å². The van der Waals surface area contributed by atoms with Gasteiger partial charge in [-0.25, -0.2) is 17.5 Å². The van der Waals surface area contributed by atoms with Gasteiger partial charge in [-0.2, -0.15) is 0 Å². The summed E-state index contributed by atoms with van der Waals surface area (Å²) in [5.41, 5.74) is 2.69. The first-order valence-electron chi connectivity index (χ1n) is 12.0. The van der Waals surface area contributed by atoms with Gasteiger partial charge < -0.3 is 15.4 Å². The Morgan fingerprint density at radius 2 is 1.86 bits per heavy atom. The van der Waals surface area contributed by atoms with Crippen LogP contribution in [0.5, 0.6) is 5.75 Å². The van der Waals surface area contributed by atoms with Gasteiger partial charge in [0.2, 0.25) is 10.0 Å². The first-order chi connectivity index (χ1) is 16.6. The predicted octanol–water partition coefficient (Wildman–Crippen LogP) is 3.74. The van der Waals surface area contributed by atoms with E-state index in [2.05, 4.69) is 15.4 Å². The van der Waals surface area contributed by atoms with Crippen molar-refractivity contribution in [2.75, 3.05) is 33.0 Å². The average Bonchev–Trinajstić information content (AvgIpc) is 3.29. The summed E-state index contributed by atoms with van der Waals surface area (Å²) in [7, 11) is -1.72. The number of benzene rings is 2. The fourth-order valence-corrected chi connectivity index (χ4v) is 5.11. The van der Waals surface area contributed by atoms with Crippen LogP contribution in [0.2, 0.25) is 0 Å². The van der Waals surface area contributed by atoms with Crippen molar-refractivity contribution in [2.45, 2.75) is 44.6 Å². The van der Waals surface area contributed by atoms with E-state index in [1.807, 2.05) is 37.3 Å². The normalized spacial score (nSPS) is 18.9. The minimum atomic E-state index is -3.26. The number of methoxy groups -OCH3 is 1. The maximum absolute atomic E-state index is 13.8. The van der Waals surface area contributed by atoms with E-state index in [4.69, 9.17) is 4.74 Å². The molecule has 0 spiro atoms. The fraction of sp³-hybridized carbons (Fsp3) is 0.500. The van der Waals surface area contributed by atoms with Crippen molar-refractivity contribution in [2.24, 2.45) is 5.92 Å². The van der Waals surface area contributed by atoms with E-state index in [1.165, 1.54) is 25.2 Å². The Hall–Kier alpha value is -2.49. The summed E-state index contributed by atoms with van der Waals surface area (Å²) in [6.45, 7) is 3.30. The number of nitrogens with one attached hydrogen (secondary N) is 3. The smallest absolute Gasteiger partial charge is 0.251 e. The molecule has 0 bridgehead atoms. The zero-order chi connectivity index (χ0) is 25.4. The maximum Gasteiger partial charge on any atom is 0.251 e. The lowest BCUT2D eigenvalue weighted by Gasteiger charge is -2.17. The first kappa shape index (κ1) is 27.1. The second kappa shape index (κ2) is 12.5. The molecule has 0 saturated heterocycles. The maximum atomic E-state index is 13.8. The summed E-state index contributed by atoms with van der Waals surface area (Å²) in [4.78, 5) is 12.3. The zero-order valence-corrected chi connectivity index (χ0v) is 21.5. The molecule has 3 atom stereocenters. The number of hydrogen-bond donors (Lipinski definition) is 3. The van der Waals surface area contributed by atoms with Gasteiger partial charge in [-0.15, -0.1) is 0 Å². The van der Waals surface area contributed by atoms with Crippen LogP contribution in [0.1, 0.15) is 66.1 Å². The monoisotopic (exact) mass is 505 g/mol. The zero-order valence-electron chi connectivity index (χ0n) is 20.6. The molecule has 0 aliphatic heterocycles. The molecule has 2 aromatic rings. The number of rotatable bonds is 12. The van der Waals surface area contributed by atoms with E-state index in [-0.39, 0.29) is 30.9 Å². The van der Waals surface area contributed by atoms with E-state index in [9.17, 15) is 17.6 Å². The molecule has 1 amide bonds. The van der Waals surface area contributed by atoms with Gasteiger partial charge in [0.15, 0.2) is 0 Å². The van der Waals surface area contributed by atoms with Crippen LogP contribution in [0.4, 0.5) is 4.39 Å². The molecule has 1 aliphatic carbocycles. The molecule has 1 aliphatic rings. The summed E-state index contributed by atoms with van der Waals surface area (Å²) in [6.07, 6.45) is 5.57. The molecule has 35 heavy (non-hydrogen) atoms. The Labute approximate surface area is 207 Å². The van der Waals surface area contributed by atoms with Crippen LogP contribution in [0.3, 0.4) is 0 Å². The molecule has 3 rings (SSSR count). The summed E-state index contributed by atoms with van der Waals surface area (Å²) >= 11 is 0. The second-order valence-corrected chi connectivity index (χ2v) is 11.1. The summed E-state index contributed by atoms with van der Waals surface area (Å²) in [5, 5.41) is 6.22. The molecular weight excluding hydrogens is 469 g/mol. The largest absolute Gasteiger partial charge is 0.497 e. The van der Waals surface area contributed by atoms with E-state index in [0.29, 0.717) is 23.1 Å². The van der Waals surface area contributed by atoms with Gasteiger partial charge in [-0.3, -0.25) is 4.79 Å². The number of halogens is 1. The topological polar surface area (TPSA) is 96.5 Å². The minimum absolute atomic E-state index is 0.0395. The van der Waals surface area contributed by atoms with Crippen molar-refractivity contribution >= 4 is 15.9 Å². The Balaban J connectivity index is 1.41. The van der Waals surface area contributed by atoms with Crippen molar-refractivity contribution in [1.29, 1.82) is 0 Å². The second-order valence-electron chi connectivity index (χ2n) is 9.31. The van der Waals surface area contributed by atoms with Gasteiger partial charge in [0.25, 0.3) is 5.91 Å². The SMILES string of the molecule is COc1cc(F)cc(C(C)NCCC2CCC(c3ccc(C(=O)NCCNS(C)(=O)=O)cc3)C2)c1. The van der Waals surface area contributed by atoms with Crippen molar-refractivity contribution in [1.82, 2.24) is 15.4 Å². The molecule has 192 valence electrons. The molecule has 0 aromatic heterocycles. The summed E-state index contributed by atoms with van der Waals surface area (Å²) < 4.78 is 43.4. The van der Waals surface area contributed by atoms with Gasteiger partial charge in [0.1, 0.15) is 11.6 Å². The fourth-order valence-electron chi connectivity index (χ4n) is 4.64. The lowest BCUT2D eigenvalue weighted by molar-refractivity contribution is 0.0954. The standard InChI is InChI=1S/C26H36FN3O4S/c1-18(23-15-24(27)17-25(16-23)34-2)28-11-10-19-4-5-22(14-19)20-6-8-21(9-7-20)26(31)29-12-13-30-35(3,32)33/h6-9,15-19,22,28,30H,4-5,10-14H2,1-3H3,(H,29,31). The third-order valence-corrected chi connectivity index (χ3v) is 7.32. The van der Waals surface area contributed by atoms with Gasteiger partial charge in [0, 0.05) is 30.8 Å². The van der Waals surface area contributed by atoms with Crippen LogP contribution in [-0.4, -0.2) is 47.3 Å². The molecule has 1 fully saturated rings. The molecule has 0 heterocycles. The van der Waals surface area contributed by atoms with Crippen LogP contribution < -0.4 is 20.1 Å². The molecule has 9 heteroatoms. The highest BCUT2D eigenvalue weighted by Crippen LogP contribution is 2.39. The molecule has 3 N–H and O–H groups in total. The van der Waals surface area contributed by atoms with Gasteiger partial charge in [-0.1, -0.05) is 12.1 Å². The van der Waals surface area contributed by atoms with Crippen LogP contribution in [0.15, 0.2) is 42.5 Å². The summed E-state index contributed by atoms with van der Waals surface area (Å²) in [6, 6.07) is 12.5. The molecule has 0 radical (unpaired) electrons. The highest BCUT2D eigenvalue weighted by molar-refractivity contribution is 7.88. The molecule has 1 saturated carbocycles. The third-order valence-electron chi connectivity index (χ3n) is 6.59. The van der Waals surface area contributed by atoms with Crippen LogP contribution in [-0.2, 0) is 10.0 Å². The van der Waals surface area contributed by atoms with Crippen LogP contribution in [0, 0.1) is 11.7 Å². The molecule has 7 nitrogen and oxygen atoms in total. The third kappa shape index (κ3) is 8.59. The van der Waals surface area contributed by atoms with Crippen LogP contribution >= 0.6 is 0 Å². The molecular formula is C26H36FN3O4S. The van der Waals surface area contributed by atoms with Crippen LogP contribution in [0.25, 0.3) is 0 Å². The van der Waals surface area contributed by atoms with Gasteiger partial charge >= 0.3 is 0 Å². The molecule has 3 unspecified atom stereocenters. The Morgan fingerprint density at radius 1 is 1.11 bits per heavy atom. The van der Waals surface area contributed by atoms with E-state index >= 15 is 0 Å². The predicted molar refractivity (Wildman–Crippen MR) is 136 cm³/mol. The minimum Gasteiger partial charge on any atom is -0.497 e. The van der Waals surface area contributed by atoms with E-state index < -0.39 is 10.0 Å². The summed E-state index contributed by atoms with van der Waals surface area (Å²) in [5.74, 6) is 1.14. The lowest BCUT2D eigenvalue weighted by Crippen LogP contribution is -2.34. The Kier molecular flexibility index (Phi) is 9.65. The van der Waals surface area contributed by atoms with Crippen molar-refractivity contribution in [3.8, 4) is 5.75 Å².